The Morgan fingerprint density at radius 2 is 1.84 bits per heavy atom. The van der Waals surface area contributed by atoms with E-state index in [0.717, 1.165) is 43.4 Å². The first-order chi connectivity index (χ1) is 17.9. The van der Waals surface area contributed by atoms with Gasteiger partial charge < -0.3 is 24.6 Å². The standard InChI is InChI=1S/C30H43NO6S/c1-20-5-7-21(8-6-20)27(32)31(25-17-24(11-13-29(2,3)4)38-26(25)28(33)34)22-9-14-30(35,15-10-22)19-37-23-12-16-36-18-23/h17,20-23,35H,5-10,12,14-16,18-19H2,1-4H3,(H,33,34)/t20-,21-,22-,23-,30+/m1/s1. The summed E-state index contributed by atoms with van der Waals surface area (Å²) < 4.78 is 11.3. The van der Waals surface area contributed by atoms with Crippen LogP contribution in [0.4, 0.5) is 5.69 Å². The van der Waals surface area contributed by atoms with Gasteiger partial charge in [0, 0.05) is 24.0 Å². The number of carbonyl (C=O) groups excluding carboxylic acids is 1. The van der Waals surface area contributed by atoms with Gasteiger partial charge in [0.15, 0.2) is 0 Å². The molecule has 0 unspecified atom stereocenters. The first kappa shape index (κ1) is 29.1. The highest BCUT2D eigenvalue weighted by Gasteiger charge is 2.41. The molecule has 1 amide bonds. The van der Waals surface area contributed by atoms with E-state index in [9.17, 15) is 19.8 Å². The summed E-state index contributed by atoms with van der Waals surface area (Å²) in [6.07, 6.45) is 6.73. The second-order valence-corrected chi connectivity index (χ2v) is 13.6. The van der Waals surface area contributed by atoms with Gasteiger partial charge in [0.2, 0.25) is 5.91 Å². The molecule has 2 N–H and O–H groups in total. The van der Waals surface area contributed by atoms with Gasteiger partial charge in [0.1, 0.15) is 4.88 Å². The van der Waals surface area contributed by atoms with Crippen LogP contribution in [0.15, 0.2) is 6.07 Å². The Hall–Kier alpha value is -1.92. The van der Waals surface area contributed by atoms with Crippen LogP contribution < -0.4 is 4.90 Å². The molecule has 7 nitrogen and oxygen atoms in total. The van der Waals surface area contributed by atoms with Crippen molar-refractivity contribution in [1.82, 2.24) is 0 Å². The van der Waals surface area contributed by atoms with E-state index in [1.54, 1.807) is 11.0 Å². The van der Waals surface area contributed by atoms with Crippen molar-refractivity contribution in [2.45, 2.75) is 103 Å². The highest BCUT2D eigenvalue weighted by Crippen LogP contribution is 2.40. The van der Waals surface area contributed by atoms with Crippen LogP contribution in [-0.2, 0) is 14.3 Å². The molecule has 0 aromatic carbocycles. The first-order valence-electron chi connectivity index (χ1n) is 14.1. The lowest BCUT2D eigenvalue weighted by Gasteiger charge is -2.42. The lowest BCUT2D eigenvalue weighted by molar-refractivity contribution is -0.125. The molecule has 1 aromatic rings. The van der Waals surface area contributed by atoms with Crippen molar-refractivity contribution in [2.75, 3.05) is 24.7 Å². The van der Waals surface area contributed by atoms with Crippen LogP contribution in [-0.4, -0.2) is 59.7 Å². The summed E-state index contributed by atoms with van der Waals surface area (Å²) >= 11 is 1.14. The fourth-order valence-corrected chi connectivity index (χ4v) is 6.52. The molecule has 1 saturated heterocycles. The summed E-state index contributed by atoms with van der Waals surface area (Å²) in [4.78, 5) is 29.0. The van der Waals surface area contributed by atoms with Gasteiger partial charge in [-0.1, -0.05) is 18.8 Å². The van der Waals surface area contributed by atoms with Crippen LogP contribution in [0.25, 0.3) is 0 Å². The van der Waals surface area contributed by atoms with Crippen molar-refractivity contribution >= 4 is 28.9 Å². The van der Waals surface area contributed by atoms with Crippen LogP contribution in [0, 0.1) is 29.1 Å². The highest BCUT2D eigenvalue weighted by molar-refractivity contribution is 7.15. The Morgan fingerprint density at radius 1 is 1.16 bits per heavy atom. The van der Waals surface area contributed by atoms with Gasteiger partial charge >= 0.3 is 5.97 Å². The number of aromatic carboxylic acids is 1. The summed E-state index contributed by atoms with van der Waals surface area (Å²) in [6.45, 7) is 9.78. The van der Waals surface area contributed by atoms with Crippen molar-refractivity contribution in [2.24, 2.45) is 17.3 Å². The number of hydrogen-bond donors (Lipinski definition) is 2. The summed E-state index contributed by atoms with van der Waals surface area (Å²) in [5.74, 6) is 5.81. The Morgan fingerprint density at radius 3 is 2.42 bits per heavy atom. The normalized spacial score (nSPS) is 29.9. The van der Waals surface area contributed by atoms with E-state index in [2.05, 4.69) is 18.8 Å². The average molecular weight is 546 g/mol. The number of thiophene rings is 1. The van der Waals surface area contributed by atoms with Crippen molar-refractivity contribution in [3.05, 3.63) is 15.8 Å². The zero-order valence-corrected chi connectivity index (χ0v) is 24.1. The van der Waals surface area contributed by atoms with E-state index >= 15 is 0 Å². The predicted molar refractivity (Wildman–Crippen MR) is 149 cm³/mol. The van der Waals surface area contributed by atoms with E-state index < -0.39 is 11.6 Å². The molecular weight excluding hydrogens is 502 g/mol. The molecule has 8 heteroatoms. The SMILES string of the molecule is CC(C)(C)C#Cc1cc(N(C(=O)[C@H]2CC[C@H](C)CC2)[C@H]2CC[C@](O)(CO[C@@H]3CCOC3)CC2)c(C(=O)O)s1. The van der Waals surface area contributed by atoms with Crippen molar-refractivity contribution < 1.29 is 29.3 Å². The number of anilines is 1. The molecule has 3 fully saturated rings. The van der Waals surface area contributed by atoms with E-state index in [1.165, 1.54) is 0 Å². The number of rotatable bonds is 7. The summed E-state index contributed by atoms with van der Waals surface area (Å²) in [7, 11) is 0. The minimum Gasteiger partial charge on any atom is -0.477 e. The maximum Gasteiger partial charge on any atom is 0.348 e. The van der Waals surface area contributed by atoms with Gasteiger partial charge in [0.05, 0.1) is 35.5 Å². The molecule has 1 aromatic heterocycles. The molecule has 2 saturated carbocycles. The fourth-order valence-electron chi connectivity index (χ4n) is 5.68. The van der Waals surface area contributed by atoms with Crippen molar-refractivity contribution in [3.63, 3.8) is 0 Å². The van der Waals surface area contributed by atoms with E-state index in [-0.39, 0.29) is 40.9 Å². The summed E-state index contributed by atoms with van der Waals surface area (Å²) in [5, 5.41) is 21.3. The number of carbonyl (C=O) groups is 2. The van der Waals surface area contributed by atoms with Gasteiger partial charge in [-0.25, -0.2) is 4.79 Å². The zero-order chi connectivity index (χ0) is 27.5. The molecule has 1 atom stereocenters. The van der Waals surface area contributed by atoms with Crippen LogP contribution in [0.2, 0.25) is 0 Å². The van der Waals surface area contributed by atoms with Crippen molar-refractivity contribution in [1.29, 1.82) is 0 Å². The number of ether oxygens (including phenoxy) is 2. The minimum atomic E-state index is -1.04. The molecule has 210 valence electrons. The highest BCUT2D eigenvalue weighted by atomic mass is 32.1. The third kappa shape index (κ3) is 7.38. The Labute approximate surface area is 230 Å². The second-order valence-electron chi connectivity index (χ2n) is 12.5. The Balaban J connectivity index is 1.58. The lowest BCUT2D eigenvalue weighted by Crippen LogP contribution is -2.50. The van der Waals surface area contributed by atoms with E-state index in [1.807, 2.05) is 20.8 Å². The smallest absolute Gasteiger partial charge is 0.348 e. The zero-order valence-electron chi connectivity index (χ0n) is 23.3. The van der Waals surface area contributed by atoms with E-state index in [4.69, 9.17) is 9.47 Å². The molecule has 0 spiro atoms. The van der Waals surface area contributed by atoms with Gasteiger partial charge in [-0.3, -0.25) is 4.79 Å². The monoisotopic (exact) mass is 545 g/mol. The number of carboxylic acid groups (broad SMARTS) is 1. The topological polar surface area (TPSA) is 96.3 Å². The molecule has 0 radical (unpaired) electrons. The third-order valence-corrected chi connectivity index (χ3v) is 9.08. The molecule has 0 bridgehead atoms. The fraction of sp³-hybridized carbons (Fsp3) is 0.733. The first-order valence-corrected chi connectivity index (χ1v) is 14.9. The van der Waals surface area contributed by atoms with Crippen LogP contribution in [0.1, 0.15) is 100 Å². The maximum atomic E-state index is 14.1. The van der Waals surface area contributed by atoms with Crippen LogP contribution in [0.3, 0.4) is 0 Å². The Kier molecular flexibility index (Phi) is 9.24. The van der Waals surface area contributed by atoms with Crippen LogP contribution >= 0.6 is 11.3 Å². The van der Waals surface area contributed by atoms with Crippen molar-refractivity contribution in [3.8, 4) is 11.8 Å². The van der Waals surface area contributed by atoms with Gasteiger partial charge in [-0.15, -0.1) is 11.3 Å². The second kappa shape index (κ2) is 12.1. The lowest BCUT2D eigenvalue weighted by atomic mass is 9.79. The van der Waals surface area contributed by atoms with Gasteiger partial charge in [-0.05, 0) is 90.5 Å². The molecule has 4 rings (SSSR count). The molecular formula is C30H43NO6S. The number of aliphatic hydroxyl groups is 1. The maximum absolute atomic E-state index is 14.1. The minimum absolute atomic E-state index is 0.0160. The van der Waals surface area contributed by atoms with E-state index in [0.29, 0.717) is 55.4 Å². The van der Waals surface area contributed by atoms with Gasteiger partial charge in [-0.2, -0.15) is 0 Å². The largest absolute Gasteiger partial charge is 0.477 e. The summed E-state index contributed by atoms with van der Waals surface area (Å²) in [5.41, 5.74) is -0.705. The Bertz CT molecular complexity index is 1040. The molecule has 3 aliphatic rings. The molecule has 38 heavy (non-hydrogen) atoms. The number of carboxylic acids is 1. The summed E-state index contributed by atoms with van der Waals surface area (Å²) in [6, 6.07) is 1.62. The third-order valence-electron chi connectivity index (χ3n) is 8.06. The average Bonchev–Trinajstić information content (AvgIpc) is 3.53. The van der Waals surface area contributed by atoms with Gasteiger partial charge in [0.25, 0.3) is 0 Å². The molecule has 2 heterocycles. The molecule has 2 aliphatic carbocycles. The number of amides is 1. The predicted octanol–water partition coefficient (Wildman–Crippen LogP) is 5.48. The number of nitrogens with zero attached hydrogens (tertiary/aromatic N) is 1. The quantitative estimate of drug-likeness (QED) is 0.441. The number of hydrogen-bond acceptors (Lipinski definition) is 6. The molecule has 1 aliphatic heterocycles. The van der Waals surface area contributed by atoms with Crippen LogP contribution in [0.5, 0.6) is 0 Å².